The Balaban J connectivity index is 1.89. The van der Waals surface area contributed by atoms with E-state index >= 15 is 0 Å². The molecule has 5 rings (SSSR count). The van der Waals surface area contributed by atoms with Crippen molar-refractivity contribution in [2.24, 2.45) is 0 Å². The van der Waals surface area contributed by atoms with Crippen molar-refractivity contribution in [3.63, 3.8) is 0 Å². The first-order chi connectivity index (χ1) is 11.0. The lowest BCUT2D eigenvalue weighted by Crippen LogP contribution is -2.74. The molecule has 1 spiro atoms. The molecule has 4 aliphatic rings. The van der Waals surface area contributed by atoms with Gasteiger partial charge in [-0.15, -0.1) is 0 Å². The Bertz CT molecular complexity index is 773. The third kappa shape index (κ3) is 1.28. The summed E-state index contributed by atoms with van der Waals surface area (Å²) in [6, 6.07) is 3.92. The molecule has 23 heavy (non-hydrogen) atoms. The second-order valence-corrected chi connectivity index (χ2v) is 7.11. The summed E-state index contributed by atoms with van der Waals surface area (Å²) in [6.07, 6.45) is 4.00. The van der Waals surface area contributed by atoms with Gasteiger partial charge < -0.3 is 14.6 Å². The molecule has 2 heterocycles. The summed E-state index contributed by atoms with van der Waals surface area (Å²) < 4.78 is 11.6. The molecule has 120 valence electrons. The van der Waals surface area contributed by atoms with Gasteiger partial charge in [-0.3, -0.25) is 9.69 Å². The minimum Gasteiger partial charge on any atom is -0.493 e. The number of nitrogens with zero attached hydrogens (tertiary/aromatic N) is 1. The highest BCUT2D eigenvalue weighted by Crippen LogP contribution is 2.63. The molecule has 1 saturated heterocycles. The molecule has 0 aromatic heterocycles. The van der Waals surface area contributed by atoms with Crippen LogP contribution in [0, 0.1) is 0 Å². The number of methoxy groups -OCH3 is 1. The number of hydrogen-bond acceptors (Lipinski definition) is 5. The van der Waals surface area contributed by atoms with E-state index in [1.54, 1.807) is 13.2 Å². The Labute approximate surface area is 134 Å². The number of likely N-dealkylation sites (N-methyl/N-ethyl adjacent to an activating group) is 1. The van der Waals surface area contributed by atoms with E-state index in [1.807, 2.05) is 13.1 Å². The normalized spacial score (nSPS) is 39.9. The predicted octanol–water partition coefficient (Wildman–Crippen LogP) is 0.824. The molecule has 2 aliphatic heterocycles. The smallest absolute Gasteiger partial charge is 0.196 e. The number of piperidine rings is 1. The summed E-state index contributed by atoms with van der Waals surface area (Å²) in [5.74, 6) is 1.22. The molecule has 0 amide bonds. The molecule has 1 aromatic carbocycles. The number of rotatable bonds is 1. The molecule has 4 atom stereocenters. The molecule has 5 heteroatoms. The Morgan fingerprint density at radius 2 is 2.26 bits per heavy atom. The van der Waals surface area contributed by atoms with Crippen LogP contribution in [0.2, 0.25) is 0 Å². The molecule has 2 aliphatic carbocycles. The highest BCUT2D eigenvalue weighted by Gasteiger charge is 2.71. The number of aliphatic hydroxyl groups is 1. The lowest BCUT2D eigenvalue weighted by molar-refractivity contribution is -0.151. The van der Waals surface area contributed by atoms with Crippen LogP contribution in [0.15, 0.2) is 24.3 Å². The molecule has 5 nitrogen and oxygen atoms in total. The van der Waals surface area contributed by atoms with Crippen LogP contribution >= 0.6 is 0 Å². The molecule has 1 fully saturated rings. The van der Waals surface area contributed by atoms with E-state index in [0.717, 1.165) is 24.1 Å². The van der Waals surface area contributed by atoms with Crippen molar-refractivity contribution < 1.29 is 19.4 Å². The molecule has 1 aromatic rings. The Hall–Kier alpha value is -1.85. The van der Waals surface area contributed by atoms with Crippen molar-refractivity contribution in [2.75, 3.05) is 20.7 Å². The summed E-state index contributed by atoms with van der Waals surface area (Å²) >= 11 is 0. The minimum absolute atomic E-state index is 0.0430. The van der Waals surface area contributed by atoms with Gasteiger partial charge in [-0.1, -0.05) is 6.07 Å². The fourth-order valence-electron chi connectivity index (χ4n) is 5.28. The number of carbonyl (C=O) groups excluding carboxylic acids is 1. The average Bonchev–Trinajstić information content (AvgIpc) is 2.90. The zero-order valence-electron chi connectivity index (χ0n) is 13.2. The maximum Gasteiger partial charge on any atom is 0.196 e. The van der Waals surface area contributed by atoms with E-state index in [9.17, 15) is 9.90 Å². The van der Waals surface area contributed by atoms with E-state index in [1.165, 1.54) is 6.08 Å². The third-order valence-corrected chi connectivity index (χ3v) is 6.34. The quantitative estimate of drug-likeness (QED) is 0.832. The van der Waals surface area contributed by atoms with Crippen molar-refractivity contribution in [3.8, 4) is 11.5 Å². The van der Waals surface area contributed by atoms with E-state index in [-0.39, 0.29) is 11.8 Å². The predicted molar refractivity (Wildman–Crippen MR) is 82.9 cm³/mol. The van der Waals surface area contributed by atoms with Gasteiger partial charge in [0.2, 0.25) is 0 Å². The van der Waals surface area contributed by atoms with Crippen molar-refractivity contribution >= 4 is 5.78 Å². The van der Waals surface area contributed by atoms with Crippen LogP contribution in [0.3, 0.4) is 0 Å². The average molecular weight is 313 g/mol. The van der Waals surface area contributed by atoms with E-state index in [0.29, 0.717) is 17.9 Å². The highest BCUT2D eigenvalue weighted by atomic mass is 16.5. The Kier molecular flexibility index (Phi) is 2.34. The Morgan fingerprint density at radius 3 is 3.04 bits per heavy atom. The van der Waals surface area contributed by atoms with Gasteiger partial charge in [0.1, 0.15) is 5.60 Å². The molecule has 0 radical (unpaired) electrons. The maximum absolute atomic E-state index is 12.6. The summed E-state index contributed by atoms with van der Waals surface area (Å²) in [5, 5.41) is 11.7. The fourth-order valence-corrected chi connectivity index (χ4v) is 5.28. The number of ketones is 1. The number of carbonyl (C=O) groups is 1. The van der Waals surface area contributed by atoms with Gasteiger partial charge in [-0.05, 0) is 50.2 Å². The highest BCUT2D eigenvalue weighted by molar-refractivity contribution is 5.99. The van der Waals surface area contributed by atoms with E-state index < -0.39 is 17.1 Å². The lowest BCUT2D eigenvalue weighted by Gasteiger charge is -2.60. The second kappa shape index (κ2) is 3.97. The number of benzene rings is 1. The fraction of sp³-hybridized carbons (Fsp3) is 0.500. The van der Waals surface area contributed by atoms with Crippen LogP contribution in [0.1, 0.15) is 17.5 Å². The van der Waals surface area contributed by atoms with Crippen molar-refractivity contribution in [1.82, 2.24) is 4.90 Å². The van der Waals surface area contributed by atoms with Gasteiger partial charge in [-0.25, -0.2) is 0 Å². The van der Waals surface area contributed by atoms with Crippen LogP contribution in [0.25, 0.3) is 0 Å². The lowest BCUT2D eigenvalue weighted by atomic mass is 9.51. The second-order valence-electron chi connectivity index (χ2n) is 7.11. The summed E-state index contributed by atoms with van der Waals surface area (Å²) in [7, 11) is 3.65. The monoisotopic (exact) mass is 313 g/mol. The standard InChI is InChI=1S/C18H19NO4/c1-19-8-7-17-14-10-3-4-12(22-2)15(14)23-16(17)11(20)5-6-18(17,21)13(19)9-10/h3-6,13,16,21H,7-9H2,1-2H3/t13-,16?,17+,18?/m0/s1. The molecular weight excluding hydrogens is 294 g/mol. The zero-order chi connectivity index (χ0) is 16.0. The zero-order valence-corrected chi connectivity index (χ0v) is 13.2. The maximum atomic E-state index is 12.6. The molecule has 2 bridgehead atoms. The van der Waals surface area contributed by atoms with Crippen LogP contribution in [-0.2, 0) is 16.6 Å². The van der Waals surface area contributed by atoms with Crippen molar-refractivity contribution in [3.05, 3.63) is 35.4 Å². The van der Waals surface area contributed by atoms with Crippen LogP contribution in [-0.4, -0.2) is 54.2 Å². The largest absolute Gasteiger partial charge is 0.493 e. The Morgan fingerprint density at radius 1 is 1.43 bits per heavy atom. The molecule has 1 N–H and O–H groups in total. The SMILES string of the molecule is COc1ccc2c3c1OC1C(=O)C=CC4(O)[C@H](C2)N(C)CC[C@@]314. The first kappa shape index (κ1) is 13.6. The summed E-state index contributed by atoms with van der Waals surface area (Å²) in [4.78, 5) is 14.8. The first-order valence-corrected chi connectivity index (χ1v) is 8.05. The number of hydrogen-bond donors (Lipinski definition) is 1. The molecule has 0 saturated carbocycles. The minimum atomic E-state index is -1.08. The summed E-state index contributed by atoms with van der Waals surface area (Å²) in [5.41, 5.74) is 0.385. The van der Waals surface area contributed by atoms with Crippen molar-refractivity contribution in [1.29, 1.82) is 0 Å². The molecular formula is C18H19NO4. The van der Waals surface area contributed by atoms with Crippen LogP contribution < -0.4 is 9.47 Å². The van der Waals surface area contributed by atoms with Gasteiger partial charge in [0, 0.05) is 11.6 Å². The van der Waals surface area contributed by atoms with Crippen molar-refractivity contribution in [2.45, 2.75) is 36.0 Å². The van der Waals surface area contributed by atoms with Gasteiger partial charge in [0.25, 0.3) is 0 Å². The number of likely N-dealkylation sites (tertiary alicyclic amines) is 1. The summed E-state index contributed by atoms with van der Waals surface area (Å²) in [6.45, 7) is 0.837. The first-order valence-electron chi connectivity index (χ1n) is 8.05. The van der Waals surface area contributed by atoms with Gasteiger partial charge in [0.15, 0.2) is 23.4 Å². The van der Waals surface area contributed by atoms with Gasteiger partial charge >= 0.3 is 0 Å². The van der Waals surface area contributed by atoms with Crippen LogP contribution in [0.5, 0.6) is 11.5 Å². The van der Waals surface area contributed by atoms with Gasteiger partial charge in [-0.2, -0.15) is 0 Å². The topological polar surface area (TPSA) is 59.0 Å². The molecule has 2 unspecified atom stereocenters. The van der Waals surface area contributed by atoms with E-state index in [2.05, 4.69) is 11.0 Å². The number of ether oxygens (including phenoxy) is 2. The van der Waals surface area contributed by atoms with E-state index in [4.69, 9.17) is 9.47 Å². The van der Waals surface area contributed by atoms with Crippen LogP contribution in [0.4, 0.5) is 0 Å². The third-order valence-electron chi connectivity index (χ3n) is 6.34. The van der Waals surface area contributed by atoms with Gasteiger partial charge in [0.05, 0.1) is 12.5 Å².